The van der Waals surface area contributed by atoms with Gasteiger partial charge in [0.1, 0.15) is 0 Å². The molecule has 0 aliphatic carbocycles. The van der Waals surface area contributed by atoms with Gasteiger partial charge in [-0.25, -0.2) is 0 Å². The molecule has 1 N–H and O–H groups in total. The molecule has 1 aromatic heterocycles. The first kappa shape index (κ1) is 11.3. The Bertz CT molecular complexity index is 528. The molecule has 1 aromatic carbocycles. The highest BCUT2D eigenvalue weighted by Gasteiger charge is 2.22. The van der Waals surface area contributed by atoms with Crippen LogP contribution in [0.3, 0.4) is 0 Å². The Labute approximate surface area is 106 Å². The zero-order valence-corrected chi connectivity index (χ0v) is 10.5. The van der Waals surface area contributed by atoms with Crippen molar-refractivity contribution in [2.75, 3.05) is 13.1 Å². The van der Waals surface area contributed by atoms with E-state index in [0.717, 1.165) is 37.4 Å². The van der Waals surface area contributed by atoms with Crippen LogP contribution in [-0.4, -0.2) is 33.3 Å². The molecule has 2 aromatic rings. The highest BCUT2D eigenvalue weighted by molar-refractivity contribution is 5.35. The molecule has 0 unspecified atom stereocenters. The molecule has 5 nitrogen and oxygen atoms in total. The van der Waals surface area contributed by atoms with Gasteiger partial charge in [0, 0.05) is 5.92 Å². The van der Waals surface area contributed by atoms with Crippen molar-refractivity contribution in [1.29, 1.82) is 0 Å². The van der Waals surface area contributed by atoms with E-state index in [1.165, 1.54) is 5.56 Å². The third kappa shape index (κ3) is 2.13. The Hall–Kier alpha value is -1.75. The highest BCUT2D eigenvalue weighted by Crippen LogP contribution is 2.24. The van der Waals surface area contributed by atoms with Crippen LogP contribution < -0.4 is 5.32 Å². The van der Waals surface area contributed by atoms with E-state index in [0.29, 0.717) is 5.92 Å². The Kier molecular flexibility index (Phi) is 3.06. The van der Waals surface area contributed by atoms with Crippen molar-refractivity contribution in [3.63, 3.8) is 0 Å². The summed E-state index contributed by atoms with van der Waals surface area (Å²) in [5.74, 6) is 1.45. The number of tetrazole rings is 1. The second-order valence-corrected chi connectivity index (χ2v) is 4.81. The second-order valence-electron chi connectivity index (χ2n) is 4.81. The molecule has 0 amide bonds. The summed E-state index contributed by atoms with van der Waals surface area (Å²) in [7, 11) is 0. The molecule has 0 saturated carbocycles. The van der Waals surface area contributed by atoms with Crippen molar-refractivity contribution in [2.45, 2.75) is 25.7 Å². The molecule has 94 valence electrons. The molecule has 1 saturated heterocycles. The van der Waals surface area contributed by atoms with Gasteiger partial charge in [-0.2, -0.15) is 4.68 Å². The maximum absolute atomic E-state index is 4.22. The van der Waals surface area contributed by atoms with E-state index < -0.39 is 0 Å². The van der Waals surface area contributed by atoms with Crippen molar-refractivity contribution >= 4 is 0 Å². The number of aryl methyl sites for hydroxylation is 1. The van der Waals surface area contributed by atoms with Crippen LogP contribution in [0.25, 0.3) is 5.69 Å². The highest BCUT2D eigenvalue weighted by atomic mass is 15.5. The predicted octanol–water partition coefficient (Wildman–Crippen LogP) is 1.44. The maximum atomic E-state index is 4.22. The van der Waals surface area contributed by atoms with E-state index >= 15 is 0 Å². The molecular weight excluding hydrogens is 226 g/mol. The molecule has 1 aliphatic rings. The molecule has 2 heterocycles. The van der Waals surface area contributed by atoms with Gasteiger partial charge in [0.2, 0.25) is 0 Å². The zero-order valence-electron chi connectivity index (χ0n) is 10.5. The fourth-order valence-corrected chi connectivity index (χ4v) is 2.47. The SMILES string of the molecule is Cc1cccc(-n2nnnc2C2CCNCC2)c1. The van der Waals surface area contributed by atoms with Gasteiger partial charge in [0.15, 0.2) is 5.82 Å². The predicted molar refractivity (Wildman–Crippen MR) is 68.7 cm³/mol. The van der Waals surface area contributed by atoms with Gasteiger partial charge in [-0.3, -0.25) is 0 Å². The van der Waals surface area contributed by atoms with E-state index in [-0.39, 0.29) is 0 Å². The number of aromatic nitrogens is 4. The normalized spacial score (nSPS) is 16.9. The molecule has 18 heavy (non-hydrogen) atoms. The van der Waals surface area contributed by atoms with Crippen LogP contribution in [-0.2, 0) is 0 Å². The smallest absolute Gasteiger partial charge is 0.159 e. The van der Waals surface area contributed by atoms with Crippen molar-refractivity contribution in [3.05, 3.63) is 35.7 Å². The van der Waals surface area contributed by atoms with Crippen LogP contribution in [0.15, 0.2) is 24.3 Å². The summed E-state index contributed by atoms with van der Waals surface area (Å²) in [5.41, 5.74) is 2.27. The van der Waals surface area contributed by atoms with Gasteiger partial charge in [-0.05, 0) is 61.0 Å². The van der Waals surface area contributed by atoms with Crippen LogP contribution in [0.1, 0.15) is 30.1 Å². The summed E-state index contributed by atoms with van der Waals surface area (Å²) in [6, 6.07) is 8.28. The summed E-state index contributed by atoms with van der Waals surface area (Å²) in [4.78, 5) is 0. The molecule has 0 radical (unpaired) electrons. The molecule has 1 aliphatic heterocycles. The lowest BCUT2D eigenvalue weighted by Crippen LogP contribution is -2.28. The summed E-state index contributed by atoms with van der Waals surface area (Å²) in [6.45, 7) is 4.18. The first-order chi connectivity index (χ1) is 8.84. The fraction of sp³-hybridized carbons (Fsp3) is 0.462. The number of nitrogens with one attached hydrogen (secondary N) is 1. The minimum atomic E-state index is 0.460. The summed E-state index contributed by atoms with van der Waals surface area (Å²) < 4.78 is 1.88. The quantitative estimate of drug-likeness (QED) is 0.867. The second kappa shape index (κ2) is 4.86. The van der Waals surface area contributed by atoms with Gasteiger partial charge < -0.3 is 5.32 Å². The topological polar surface area (TPSA) is 55.6 Å². The Morgan fingerprint density at radius 2 is 2.11 bits per heavy atom. The van der Waals surface area contributed by atoms with Gasteiger partial charge in [0.25, 0.3) is 0 Å². The van der Waals surface area contributed by atoms with Crippen LogP contribution in [0, 0.1) is 6.92 Å². The minimum Gasteiger partial charge on any atom is -0.317 e. The molecule has 5 heteroatoms. The first-order valence-corrected chi connectivity index (χ1v) is 6.40. The number of piperidine rings is 1. The van der Waals surface area contributed by atoms with Crippen molar-refractivity contribution < 1.29 is 0 Å². The largest absolute Gasteiger partial charge is 0.317 e. The minimum absolute atomic E-state index is 0.460. The van der Waals surface area contributed by atoms with Gasteiger partial charge in [-0.15, -0.1) is 5.10 Å². The van der Waals surface area contributed by atoms with Crippen molar-refractivity contribution in [1.82, 2.24) is 25.5 Å². The number of nitrogens with zero attached hydrogens (tertiary/aromatic N) is 4. The molecule has 0 spiro atoms. The molecule has 0 bridgehead atoms. The van der Waals surface area contributed by atoms with Crippen LogP contribution in [0.5, 0.6) is 0 Å². The maximum Gasteiger partial charge on any atom is 0.159 e. The average Bonchev–Trinajstić information content (AvgIpc) is 2.89. The zero-order chi connectivity index (χ0) is 12.4. The summed E-state index contributed by atoms with van der Waals surface area (Å²) in [5, 5.41) is 15.6. The number of rotatable bonds is 2. The Morgan fingerprint density at radius 1 is 1.28 bits per heavy atom. The van der Waals surface area contributed by atoms with Crippen molar-refractivity contribution in [3.8, 4) is 5.69 Å². The summed E-state index contributed by atoms with van der Waals surface area (Å²) >= 11 is 0. The molecule has 1 fully saturated rings. The monoisotopic (exact) mass is 243 g/mol. The fourth-order valence-electron chi connectivity index (χ4n) is 2.47. The summed E-state index contributed by atoms with van der Waals surface area (Å²) in [6.07, 6.45) is 2.21. The third-order valence-electron chi connectivity index (χ3n) is 3.44. The van der Waals surface area contributed by atoms with E-state index in [1.807, 2.05) is 16.8 Å². The van der Waals surface area contributed by atoms with E-state index in [1.54, 1.807) is 0 Å². The van der Waals surface area contributed by atoms with E-state index in [9.17, 15) is 0 Å². The van der Waals surface area contributed by atoms with E-state index in [4.69, 9.17) is 0 Å². The number of benzene rings is 1. The van der Waals surface area contributed by atoms with Gasteiger partial charge in [-0.1, -0.05) is 12.1 Å². The Balaban J connectivity index is 1.95. The lowest BCUT2D eigenvalue weighted by atomic mass is 9.97. The number of hydrogen-bond acceptors (Lipinski definition) is 4. The van der Waals surface area contributed by atoms with Crippen LogP contribution in [0.2, 0.25) is 0 Å². The molecular formula is C13H17N5. The standard InChI is InChI=1S/C13H17N5/c1-10-3-2-4-12(9-10)18-13(15-16-17-18)11-5-7-14-8-6-11/h2-4,9,11,14H,5-8H2,1H3. The lowest BCUT2D eigenvalue weighted by Gasteiger charge is -2.21. The van der Waals surface area contributed by atoms with Gasteiger partial charge in [0.05, 0.1) is 5.69 Å². The van der Waals surface area contributed by atoms with Crippen LogP contribution in [0.4, 0.5) is 0 Å². The van der Waals surface area contributed by atoms with E-state index in [2.05, 4.69) is 39.9 Å². The van der Waals surface area contributed by atoms with Gasteiger partial charge >= 0.3 is 0 Å². The first-order valence-electron chi connectivity index (χ1n) is 6.40. The average molecular weight is 243 g/mol. The molecule has 0 atom stereocenters. The third-order valence-corrected chi connectivity index (χ3v) is 3.44. The van der Waals surface area contributed by atoms with Crippen LogP contribution >= 0.6 is 0 Å². The molecule has 3 rings (SSSR count). The lowest BCUT2D eigenvalue weighted by molar-refractivity contribution is 0.438. The Morgan fingerprint density at radius 3 is 2.89 bits per heavy atom. The number of hydrogen-bond donors (Lipinski definition) is 1. The van der Waals surface area contributed by atoms with Crippen molar-refractivity contribution in [2.24, 2.45) is 0 Å².